The van der Waals surface area contributed by atoms with Crippen LogP contribution in [0.5, 0.6) is 5.75 Å². The highest BCUT2D eigenvalue weighted by molar-refractivity contribution is 6.37. The van der Waals surface area contributed by atoms with Crippen LogP contribution in [-0.4, -0.2) is 35.8 Å². The van der Waals surface area contributed by atoms with E-state index in [1.165, 1.54) is 0 Å². The van der Waals surface area contributed by atoms with E-state index in [4.69, 9.17) is 32.9 Å². The molecule has 0 bridgehead atoms. The first-order valence-electron chi connectivity index (χ1n) is 12.2. The summed E-state index contributed by atoms with van der Waals surface area (Å²) in [6.45, 7) is 0.797. The van der Waals surface area contributed by atoms with Gasteiger partial charge in [0.15, 0.2) is 0 Å². The lowest BCUT2D eigenvalue weighted by atomic mass is 9.85. The molecule has 5 rings (SSSR count). The quantitative estimate of drug-likeness (QED) is 0.260. The molecular weight excluding hydrogens is 509 g/mol. The molecule has 8 heteroatoms. The van der Waals surface area contributed by atoms with E-state index in [0.29, 0.717) is 40.1 Å². The third-order valence-corrected chi connectivity index (χ3v) is 7.50. The van der Waals surface area contributed by atoms with Crippen LogP contribution in [0.3, 0.4) is 0 Å². The third-order valence-electron chi connectivity index (χ3n) is 6.90. The van der Waals surface area contributed by atoms with Gasteiger partial charge in [0.2, 0.25) is 0 Å². The standard InChI is InChI=1S/C29H27Cl2N3O3/c1-37-27-17-25(22(30)16-23(27)31)33-28-12-10-19-9-11-20(15-24(19)32-28)34-13-5-8-21(29(35)36)26(34)14-18-6-3-2-4-7-18/h2-4,6-7,9-12,15-17,21,26H,5,8,13-14H2,1H3,(H,32,33)(H,35,36). The molecule has 37 heavy (non-hydrogen) atoms. The molecule has 190 valence electrons. The van der Waals surface area contributed by atoms with Gasteiger partial charge in [-0.3, -0.25) is 4.79 Å². The zero-order chi connectivity index (χ0) is 25.9. The van der Waals surface area contributed by atoms with Gasteiger partial charge in [-0.25, -0.2) is 4.98 Å². The number of hydrogen-bond acceptors (Lipinski definition) is 5. The highest BCUT2D eigenvalue weighted by atomic mass is 35.5. The van der Waals surface area contributed by atoms with Gasteiger partial charge in [-0.05, 0) is 55.2 Å². The topological polar surface area (TPSA) is 74.7 Å². The largest absolute Gasteiger partial charge is 0.495 e. The van der Waals surface area contributed by atoms with E-state index in [2.05, 4.69) is 28.4 Å². The Kier molecular flexibility index (Phi) is 7.40. The van der Waals surface area contributed by atoms with Crippen LogP contribution in [0.25, 0.3) is 10.9 Å². The van der Waals surface area contributed by atoms with Crippen LogP contribution in [-0.2, 0) is 11.2 Å². The predicted octanol–water partition coefficient (Wildman–Crippen LogP) is 7.21. The number of piperidine rings is 1. The molecule has 1 aromatic heterocycles. The Morgan fingerprint density at radius 2 is 1.86 bits per heavy atom. The van der Waals surface area contributed by atoms with E-state index >= 15 is 0 Å². The van der Waals surface area contributed by atoms with Crippen molar-refractivity contribution in [1.82, 2.24) is 4.98 Å². The minimum absolute atomic E-state index is 0.146. The number of carbonyl (C=O) groups is 1. The van der Waals surface area contributed by atoms with E-state index in [-0.39, 0.29) is 6.04 Å². The van der Waals surface area contributed by atoms with Crippen molar-refractivity contribution in [2.24, 2.45) is 5.92 Å². The van der Waals surface area contributed by atoms with Crippen LogP contribution in [0.4, 0.5) is 17.2 Å². The maximum atomic E-state index is 12.2. The molecule has 1 saturated heterocycles. The van der Waals surface area contributed by atoms with Crippen molar-refractivity contribution >= 4 is 57.3 Å². The first-order chi connectivity index (χ1) is 17.9. The Morgan fingerprint density at radius 1 is 1.08 bits per heavy atom. The van der Waals surface area contributed by atoms with Crippen molar-refractivity contribution < 1.29 is 14.6 Å². The third kappa shape index (κ3) is 5.45. The summed E-state index contributed by atoms with van der Waals surface area (Å²) in [5.41, 5.74) is 3.53. The summed E-state index contributed by atoms with van der Waals surface area (Å²) < 4.78 is 5.31. The molecule has 2 unspecified atom stereocenters. The van der Waals surface area contributed by atoms with Gasteiger partial charge in [0, 0.05) is 29.7 Å². The minimum Gasteiger partial charge on any atom is -0.495 e. The van der Waals surface area contributed by atoms with Crippen molar-refractivity contribution in [3.8, 4) is 5.75 Å². The molecule has 1 aliphatic heterocycles. The van der Waals surface area contributed by atoms with Crippen LogP contribution < -0.4 is 15.0 Å². The van der Waals surface area contributed by atoms with E-state index in [9.17, 15) is 9.90 Å². The fourth-order valence-electron chi connectivity index (χ4n) is 5.05. The number of benzene rings is 3. The van der Waals surface area contributed by atoms with Gasteiger partial charge >= 0.3 is 5.97 Å². The molecule has 0 radical (unpaired) electrons. The zero-order valence-electron chi connectivity index (χ0n) is 20.3. The lowest BCUT2D eigenvalue weighted by molar-refractivity contribution is -0.143. The Bertz CT molecular complexity index is 1430. The Labute approximate surface area is 225 Å². The second-order valence-electron chi connectivity index (χ2n) is 9.20. The molecule has 1 aliphatic rings. The van der Waals surface area contributed by atoms with Crippen molar-refractivity contribution in [3.05, 3.63) is 88.4 Å². The second-order valence-corrected chi connectivity index (χ2v) is 10.0. The fourth-order valence-corrected chi connectivity index (χ4v) is 5.55. The minimum atomic E-state index is -0.744. The highest BCUT2D eigenvalue weighted by Crippen LogP contribution is 2.36. The number of hydrogen-bond donors (Lipinski definition) is 2. The van der Waals surface area contributed by atoms with Crippen LogP contribution in [0, 0.1) is 5.92 Å². The van der Waals surface area contributed by atoms with Crippen molar-refractivity contribution in [1.29, 1.82) is 0 Å². The van der Waals surface area contributed by atoms with E-state index in [1.54, 1.807) is 19.2 Å². The molecule has 6 nitrogen and oxygen atoms in total. The molecule has 0 aliphatic carbocycles. The fraction of sp³-hybridized carbons (Fsp3) is 0.241. The van der Waals surface area contributed by atoms with Crippen LogP contribution >= 0.6 is 23.2 Å². The lowest BCUT2D eigenvalue weighted by Gasteiger charge is -2.41. The molecule has 3 aromatic carbocycles. The summed E-state index contributed by atoms with van der Waals surface area (Å²) in [4.78, 5) is 19.2. The van der Waals surface area contributed by atoms with Crippen molar-refractivity contribution in [2.75, 3.05) is 23.9 Å². The van der Waals surface area contributed by atoms with Gasteiger partial charge in [-0.15, -0.1) is 0 Å². The summed E-state index contributed by atoms with van der Waals surface area (Å²) in [6.07, 6.45) is 2.17. The number of aromatic nitrogens is 1. The first kappa shape index (κ1) is 25.2. The zero-order valence-corrected chi connectivity index (χ0v) is 21.8. The van der Waals surface area contributed by atoms with Gasteiger partial charge in [-0.1, -0.05) is 59.6 Å². The van der Waals surface area contributed by atoms with E-state index < -0.39 is 11.9 Å². The molecule has 0 spiro atoms. The molecule has 2 atom stereocenters. The summed E-state index contributed by atoms with van der Waals surface area (Å²) >= 11 is 12.6. The number of rotatable bonds is 7. The maximum Gasteiger partial charge on any atom is 0.308 e. The van der Waals surface area contributed by atoms with Crippen molar-refractivity contribution in [2.45, 2.75) is 25.3 Å². The number of nitrogens with one attached hydrogen (secondary N) is 1. The van der Waals surface area contributed by atoms with Gasteiger partial charge in [0.1, 0.15) is 11.6 Å². The van der Waals surface area contributed by atoms with Gasteiger partial charge in [0.05, 0.1) is 34.3 Å². The molecule has 0 amide bonds. The van der Waals surface area contributed by atoms with Crippen LogP contribution in [0.1, 0.15) is 18.4 Å². The smallest absolute Gasteiger partial charge is 0.308 e. The monoisotopic (exact) mass is 535 g/mol. The number of pyridine rings is 1. The van der Waals surface area contributed by atoms with Crippen molar-refractivity contribution in [3.63, 3.8) is 0 Å². The van der Waals surface area contributed by atoms with Gasteiger partial charge in [0.25, 0.3) is 0 Å². The number of carboxylic acid groups (broad SMARTS) is 1. The number of anilines is 3. The number of aliphatic carboxylic acids is 1. The summed E-state index contributed by atoms with van der Waals surface area (Å²) in [5.74, 6) is -0.0445. The highest BCUT2D eigenvalue weighted by Gasteiger charge is 2.36. The number of ether oxygens (including phenoxy) is 1. The Morgan fingerprint density at radius 3 is 2.62 bits per heavy atom. The maximum absolute atomic E-state index is 12.2. The summed E-state index contributed by atoms with van der Waals surface area (Å²) in [6, 6.07) is 23.3. The Balaban J connectivity index is 1.47. The number of halogens is 2. The molecule has 4 aromatic rings. The average molecular weight is 536 g/mol. The lowest BCUT2D eigenvalue weighted by Crippen LogP contribution is -2.49. The molecular formula is C29H27Cl2N3O3. The SMILES string of the molecule is COc1cc(Nc2ccc3ccc(N4CCCC(C(=O)O)C4Cc4ccccc4)cc3n2)c(Cl)cc1Cl. The van der Waals surface area contributed by atoms with Crippen LogP contribution in [0.2, 0.25) is 10.0 Å². The van der Waals surface area contributed by atoms with Gasteiger partial charge in [-0.2, -0.15) is 0 Å². The van der Waals surface area contributed by atoms with Crippen LogP contribution in [0.15, 0.2) is 72.8 Å². The molecule has 1 fully saturated rings. The predicted molar refractivity (Wildman–Crippen MR) is 150 cm³/mol. The molecule has 2 N–H and O–H groups in total. The van der Waals surface area contributed by atoms with E-state index in [1.807, 2.05) is 42.5 Å². The molecule has 2 heterocycles. The number of methoxy groups -OCH3 is 1. The average Bonchev–Trinajstić information content (AvgIpc) is 2.90. The van der Waals surface area contributed by atoms with Gasteiger partial charge < -0.3 is 20.1 Å². The number of nitrogens with zero attached hydrogens (tertiary/aromatic N) is 2. The second kappa shape index (κ2) is 10.9. The molecule has 0 saturated carbocycles. The summed E-state index contributed by atoms with van der Waals surface area (Å²) in [7, 11) is 1.55. The van der Waals surface area contributed by atoms with E-state index in [0.717, 1.165) is 35.1 Å². The number of carboxylic acids is 1. The summed E-state index contributed by atoms with van der Waals surface area (Å²) in [5, 5.41) is 15.1. The normalized spacial score (nSPS) is 17.5. The number of fused-ring (bicyclic) bond motifs is 1. The Hall–Kier alpha value is -3.48. The first-order valence-corrected chi connectivity index (χ1v) is 12.9.